The molecular formula is C15H18O. The van der Waals surface area contributed by atoms with Gasteiger partial charge in [-0.15, -0.1) is 5.92 Å². The summed E-state index contributed by atoms with van der Waals surface area (Å²) in [7, 11) is 0. The molecule has 0 spiro atoms. The van der Waals surface area contributed by atoms with E-state index in [0.29, 0.717) is 0 Å². The minimum Gasteiger partial charge on any atom is -0.377 e. The minimum absolute atomic E-state index is 0.655. The van der Waals surface area contributed by atoms with Crippen molar-refractivity contribution in [3.8, 4) is 11.8 Å². The first-order valence-corrected chi connectivity index (χ1v) is 5.72. The third-order valence-corrected chi connectivity index (χ3v) is 2.18. The molecule has 0 aromatic heterocycles. The van der Waals surface area contributed by atoms with Crippen LogP contribution in [0.3, 0.4) is 0 Å². The molecule has 1 atom stereocenters. The summed E-state index contributed by atoms with van der Waals surface area (Å²) in [6.07, 6.45) is 6.06. The van der Waals surface area contributed by atoms with Crippen LogP contribution in [-0.4, -0.2) is 11.2 Å². The Morgan fingerprint density at radius 1 is 1.31 bits per heavy atom. The summed E-state index contributed by atoms with van der Waals surface area (Å²) in [6, 6.07) is 9.90. The molecule has 0 radical (unpaired) electrons. The average Bonchev–Trinajstić information content (AvgIpc) is 2.33. The SMILES string of the molecule is CCCCC#C[C@H](O)/C=C/c1ccccc1. The Bertz CT molecular complexity index is 367. The van der Waals surface area contributed by atoms with Crippen LogP contribution in [-0.2, 0) is 0 Å². The third-order valence-electron chi connectivity index (χ3n) is 2.18. The largest absolute Gasteiger partial charge is 0.377 e. The monoisotopic (exact) mass is 214 g/mol. The number of hydrogen-bond acceptors (Lipinski definition) is 1. The van der Waals surface area contributed by atoms with Crippen molar-refractivity contribution >= 4 is 6.08 Å². The van der Waals surface area contributed by atoms with E-state index in [2.05, 4.69) is 18.8 Å². The van der Waals surface area contributed by atoms with E-state index in [9.17, 15) is 5.11 Å². The third kappa shape index (κ3) is 5.38. The quantitative estimate of drug-likeness (QED) is 0.602. The van der Waals surface area contributed by atoms with Gasteiger partial charge in [0.25, 0.3) is 0 Å². The fourth-order valence-corrected chi connectivity index (χ4v) is 1.26. The highest BCUT2D eigenvalue weighted by Crippen LogP contribution is 2.01. The number of hydrogen-bond donors (Lipinski definition) is 1. The summed E-state index contributed by atoms with van der Waals surface area (Å²) in [4.78, 5) is 0. The molecule has 16 heavy (non-hydrogen) atoms. The van der Waals surface area contributed by atoms with Crippen LogP contribution >= 0.6 is 0 Å². The smallest absolute Gasteiger partial charge is 0.133 e. The molecule has 1 nitrogen and oxygen atoms in total. The molecule has 0 aliphatic rings. The van der Waals surface area contributed by atoms with Gasteiger partial charge in [0.05, 0.1) is 0 Å². The van der Waals surface area contributed by atoms with Crippen LogP contribution in [0.4, 0.5) is 0 Å². The summed E-state index contributed by atoms with van der Waals surface area (Å²) in [6.45, 7) is 2.13. The highest BCUT2D eigenvalue weighted by molar-refractivity contribution is 5.50. The van der Waals surface area contributed by atoms with E-state index >= 15 is 0 Å². The first kappa shape index (κ1) is 12.5. The lowest BCUT2D eigenvalue weighted by molar-refractivity contribution is 0.281. The van der Waals surface area contributed by atoms with Gasteiger partial charge in [0.2, 0.25) is 0 Å². The van der Waals surface area contributed by atoms with Crippen LogP contribution in [0.15, 0.2) is 36.4 Å². The molecule has 1 rings (SSSR count). The maximum atomic E-state index is 9.55. The molecule has 0 fully saturated rings. The highest BCUT2D eigenvalue weighted by Gasteiger charge is 1.90. The van der Waals surface area contributed by atoms with Crippen molar-refractivity contribution in [2.45, 2.75) is 32.3 Å². The van der Waals surface area contributed by atoms with Gasteiger partial charge in [-0.05, 0) is 18.1 Å². The van der Waals surface area contributed by atoms with Crippen LogP contribution in [0, 0.1) is 11.8 Å². The van der Waals surface area contributed by atoms with Crippen LogP contribution in [0.25, 0.3) is 6.08 Å². The van der Waals surface area contributed by atoms with Crippen molar-refractivity contribution in [2.24, 2.45) is 0 Å². The number of aliphatic hydroxyl groups excluding tert-OH is 1. The lowest BCUT2D eigenvalue weighted by Crippen LogP contribution is -1.96. The van der Waals surface area contributed by atoms with E-state index in [-0.39, 0.29) is 0 Å². The summed E-state index contributed by atoms with van der Waals surface area (Å²) < 4.78 is 0. The van der Waals surface area contributed by atoms with Gasteiger partial charge in [0.15, 0.2) is 0 Å². The highest BCUT2D eigenvalue weighted by atomic mass is 16.3. The fourth-order valence-electron chi connectivity index (χ4n) is 1.26. The van der Waals surface area contributed by atoms with E-state index in [0.717, 1.165) is 24.8 Å². The van der Waals surface area contributed by atoms with E-state index in [1.54, 1.807) is 6.08 Å². The van der Waals surface area contributed by atoms with Crippen LogP contribution in [0.1, 0.15) is 31.7 Å². The molecule has 1 N–H and O–H groups in total. The van der Waals surface area contributed by atoms with Crippen molar-refractivity contribution in [3.05, 3.63) is 42.0 Å². The Morgan fingerprint density at radius 2 is 2.06 bits per heavy atom. The molecule has 1 aromatic carbocycles. The molecule has 0 unspecified atom stereocenters. The molecule has 84 valence electrons. The molecule has 1 aromatic rings. The summed E-state index contributed by atoms with van der Waals surface area (Å²) in [5.74, 6) is 5.78. The van der Waals surface area contributed by atoms with Gasteiger partial charge in [-0.1, -0.05) is 55.7 Å². The van der Waals surface area contributed by atoms with Crippen molar-refractivity contribution in [2.75, 3.05) is 0 Å². The predicted octanol–water partition coefficient (Wildman–Crippen LogP) is 3.25. The lowest BCUT2D eigenvalue weighted by atomic mass is 10.2. The lowest BCUT2D eigenvalue weighted by Gasteiger charge is -1.94. The maximum absolute atomic E-state index is 9.55. The van der Waals surface area contributed by atoms with Crippen molar-refractivity contribution in [1.82, 2.24) is 0 Å². The number of rotatable bonds is 4. The second-order valence-electron chi connectivity index (χ2n) is 3.64. The number of benzene rings is 1. The Kier molecular flexibility index (Phi) is 6.06. The first-order valence-electron chi connectivity index (χ1n) is 5.72. The van der Waals surface area contributed by atoms with E-state index in [4.69, 9.17) is 0 Å². The topological polar surface area (TPSA) is 20.2 Å². The zero-order valence-electron chi connectivity index (χ0n) is 9.69. The normalized spacial score (nSPS) is 12.1. The molecule has 0 aliphatic carbocycles. The number of aliphatic hydroxyl groups is 1. The average molecular weight is 214 g/mol. The summed E-state index contributed by atoms with van der Waals surface area (Å²) in [5, 5.41) is 9.55. The zero-order chi connectivity index (χ0) is 11.6. The molecular weight excluding hydrogens is 196 g/mol. The van der Waals surface area contributed by atoms with Gasteiger partial charge in [-0.2, -0.15) is 0 Å². The minimum atomic E-state index is -0.655. The predicted molar refractivity (Wildman–Crippen MR) is 68.8 cm³/mol. The standard InChI is InChI=1S/C15H18O/c1-2-3-4-8-11-15(16)13-12-14-9-6-5-7-10-14/h5-7,9-10,12-13,15-16H,2-4H2,1H3/b13-12+/t15-/m0/s1. The zero-order valence-corrected chi connectivity index (χ0v) is 9.69. The Morgan fingerprint density at radius 3 is 2.75 bits per heavy atom. The Balaban J connectivity index is 2.41. The van der Waals surface area contributed by atoms with Gasteiger partial charge in [-0.3, -0.25) is 0 Å². The Hall–Kier alpha value is -1.52. The van der Waals surface area contributed by atoms with E-state index in [1.807, 2.05) is 36.4 Å². The van der Waals surface area contributed by atoms with Crippen molar-refractivity contribution in [1.29, 1.82) is 0 Å². The van der Waals surface area contributed by atoms with Gasteiger partial charge >= 0.3 is 0 Å². The van der Waals surface area contributed by atoms with Crippen LogP contribution in [0.5, 0.6) is 0 Å². The van der Waals surface area contributed by atoms with Gasteiger partial charge in [0.1, 0.15) is 6.10 Å². The van der Waals surface area contributed by atoms with Crippen molar-refractivity contribution < 1.29 is 5.11 Å². The van der Waals surface area contributed by atoms with Gasteiger partial charge < -0.3 is 5.11 Å². The molecule has 0 heterocycles. The molecule has 0 aliphatic heterocycles. The van der Waals surface area contributed by atoms with Gasteiger partial charge in [-0.25, -0.2) is 0 Å². The van der Waals surface area contributed by atoms with Crippen molar-refractivity contribution in [3.63, 3.8) is 0 Å². The van der Waals surface area contributed by atoms with E-state index in [1.165, 1.54) is 0 Å². The second-order valence-corrected chi connectivity index (χ2v) is 3.64. The van der Waals surface area contributed by atoms with E-state index < -0.39 is 6.10 Å². The summed E-state index contributed by atoms with van der Waals surface area (Å²) in [5.41, 5.74) is 1.08. The summed E-state index contributed by atoms with van der Waals surface area (Å²) >= 11 is 0. The van der Waals surface area contributed by atoms with Crippen LogP contribution in [0.2, 0.25) is 0 Å². The molecule has 0 amide bonds. The van der Waals surface area contributed by atoms with Gasteiger partial charge in [0, 0.05) is 6.42 Å². The number of unbranched alkanes of at least 4 members (excludes halogenated alkanes) is 2. The maximum Gasteiger partial charge on any atom is 0.133 e. The first-order chi connectivity index (χ1) is 7.83. The molecule has 1 heteroatoms. The fraction of sp³-hybridized carbons (Fsp3) is 0.333. The molecule has 0 saturated carbocycles. The molecule has 0 saturated heterocycles. The second kappa shape index (κ2) is 7.73. The van der Waals surface area contributed by atoms with Crippen LogP contribution < -0.4 is 0 Å². The Labute approximate surface area is 97.8 Å². The molecule has 0 bridgehead atoms.